The van der Waals surface area contributed by atoms with Crippen LogP contribution in [0.25, 0.3) is 0 Å². The summed E-state index contributed by atoms with van der Waals surface area (Å²) in [5.74, 6) is -3.30. The van der Waals surface area contributed by atoms with Gasteiger partial charge in [0.2, 0.25) is 23.9 Å². The molecule has 13 heteroatoms. The Morgan fingerprint density at radius 1 is 1.02 bits per heavy atom. The molecule has 2 bridgehead atoms. The molecule has 4 aliphatic heterocycles. The van der Waals surface area contributed by atoms with E-state index in [4.69, 9.17) is 29.1 Å². The SMILES string of the molecule is C[C@@H]1[C@H](OC(=O)CCC(=O)NCCCC(=O)N[C@@H](C(=O)O)[C@H](C)O)O[C@H]2O[C@@]3(C)CC[C@H]4[C@H](C)CC[C@H]1[C@]24OO3. The fourth-order valence-electron chi connectivity index (χ4n) is 6.61. The molecule has 4 saturated heterocycles. The van der Waals surface area contributed by atoms with Crippen LogP contribution in [0.5, 0.6) is 0 Å². The van der Waals surface area contributed by atoms with Gasteiger partial charge in [0.15, 0.2) is 17.9 Å². The van der Waals surface area contributed by atoms with E-state index in [0.717, 1.165) is 19.3 Å². The third kappa shape index (κ3) is 6.28. The summed E-state index contributed by atoms with van der Waals surface area (Å²) in [6.07, 6.45) is 0.639. The van der Waals surface area contributed by atoms with Gasteiger partial charge in [0.25, 0.3) is 0 Å². The normalized spacial score (nSPS) is 37.8. The van der Waals surface area contributed by atoms with Gasteiger partial charge in [-0.05, 0) is 51.4 Å². The molecule has 0 aromatic rings. The van der Waals surface area contributed by atoms with Crippen molar-refractivity contribution in [3.8, 4) is 0 Å². The maximum atomic E-state index is 12.7. The van der Waals surface area contributed by atoms with E-state index in [-0.39, 0.29) is 55.9 Å². The second kappa shape index (κ2) is 12.3. The number of carboxylic acid groups (broad SMARTS) is 1. The van der Waals surface area contributed by atoms with Gasteiger partial charge in [0.05, 0.1) is 12.5 Å². The molecular formula is C27H42N2O11. The Bertz CT molecular complexity index is 976. The summed E-state index contributed by atoms with van der Waals surface area (Å²) in [5, 5.41) is 23.3. The predicted molar refractivity (Wildman–Crippen MR) is 136 cm³/mol. The summed E-state index contributed by atoms with van der Waals surface area (Å²) in [6, 6.07) is -1.40. The van der Waals surface area contributed by atoms with Crippen molar-refractivity contribution < 1.29 is 53.4 Å². The first-order valence-corrected chi connectivity index (χ1v) is 14.2. The van der Waals surface area contributed by atoms with Gasteiger partial charge in [-0.3, -0.25) is 14.4 Å². The zero-order chi connectivity index (χ0) is 29.2. The number of hydrogen-bond acceptors (Lipinski definition) is 10. The first-order valence-electron chi connectivity index (χ1n) is 14.2. The van der Waals surface area contributed by atoms with Crippen LogP contribution in [-0.2, 0) is 43.2 Å². The highest BCUT2D eigenvalue weighted by Crippen LogP contribution is 2.60. The number of aliphatic carboxylic acids is 1. The summed E-state index contributed by atoms with van der Waals surface area (Å²) >= 11 is 0. The summed E-state index contributed by atoms with van der Waals surface area (Å²) < 4.78 is 18.2. The number of rotatable bonds is 11. The van der Waals surface area contributed by atoms with Crippen LogP contribution in [0.4, 0.5) is 0 Å². The molecular weight excluding hydrogens is 528 g/mol. The van der Waals surface area contributed by atoms with Crippen molar-refractivity contribution >= 4 is 23.8 Å². The van der Waals surface area contributed by atoms with Gasteiger partial charge in [-0.25, -0.2) is 14.6 Å². The minimum atomic E-state index is -1.40. The maximum absolute atomic E-state index is 12.7. The van der Waals surface area contributed by atoms with E-state index in [1.54, 1.807) is 0 Å². The number of hydrogen-bond donors (Lipinski definition) is 4. The van der Waals surface area contributed by atoms with Gasteiger partial charge in [-0.2, -0.15) is 0 Å². The Labute approximate surface area is 233 Å². The van der Waals surface area contributed by atoms with Crippen LogP contribution in [-0.4, -0.2) is 76.6 Å². The molecule has 0 aromatic carbocycles. The highest BCUT2D eigenvalue weighted by molar-refractivity contribution is 5.84. The van der Waals surface area contributed by atoms with Crippen molar-refractivity contribution in [2.45, 2.75) is 115 Å². The monoisotopic (exact) mass is 570 g/mol. The molecule has 0 aromatic heterocycles. The Hall–Kier alpha value is -2.32. The Morgan fingerprint density at radius 3 is 2.48 bits per heavy atom. The summed E-state index contributed by atoms with van der Waals surface area (Å²) in [5.41, 5.74) is -0.752. The topological polar surface area (TPSA) is 179 Å². The lowest BCUT2D eigenvalue weighted by atomic mass is 9.58. The molecule has 4 heterocycles. The molecule has 0 unspecified atom stereocenters. The summed E-state index contributed by atoms with van der Waals surface area (Å²) in [4.78, 5) is 59.7. The molecule has 4 N–H and O–H groups in total. The standard InChI is InChI=1S/C27H42N2O11/c1-14-7-8-18-15(2)24(37-25-27(18)17(14)11-12-26(4,38-25)39-40-27)36-21(33)10-9-19(31)28-13-5-6-20(32)29-22(16(3)30)23(34)35/h14-18,22,24-25,30H,5-13H2,1-4H3,(H,28,31)(H,29,32)(H,34,35)/t14-,15+,16+,17+,18-,22-,24-,25+,26-,27+/m1/s1. The number of amides is 2. The predicted octanol–water partition coefficient (Wildman–Crippen LogP) is 1.36. The number of esters is 1. The van der Waals surface area contributed by atoms with Gasteiger partial charge < -0.3 is 35.1 Å². The first-order chi connectivity index (χ1) is 18.9. The van der Waals surface area contributed by atoms with E-state index in [1.165, 1.54) is 6.92 Å². The fourth-order valence-corrected chi connectivity index (χ4v) is 6.61. The van der Waals surface area contributed by atoms with E-state index in [2.05, 4.69) is 17.6 Å². The van der Waals surface area contributed by atoms with Crippen molar-refractivity contribution in [1.82, 2.24) is 10.6 Å². The Morgan fingerprint density at radius 2 is 1.77 bits per heavy atom. The number of aliphatic hydroxyl groups excluding tert-OH is 1. The van der Waals surface area contributed by atoms with Crippen LogP contribution in [0.1, 0.15) is 79.1 Å². The molecule has 13 nitrogen and oxygen atoms in total. The lowest BCUT2D eigenvalue weighted by Crippen LogP contribution is -2.70. The van der Waals surface area contributed by atoms with Gasteiger partial charge in [0, 0.05) is 37.6 Å². The quantitative estimate of drug-likeness (QED) is 0.160. The van der Waals surface area contributed by atoms with Crippen molar-refractivity contribution in [1.29, 1.82) is 0 Å². The van der Waals surface area contributed by atoms with E-state index in [9.17, 15) is 24.3 Å². The largest absolute Gasteiger partial charge is 0.480 e. The Balaban J connectivity index is 1.22. The van der Waals surface area contributed by atoms with Crippen LogP contribution in [0.3, 0.4) is 0 Å². The number of fused-ring (bicyclic) bond motifs is 2. The maximum Gasteiger partial charge on any atom is 0.328 e. The molecule has 40 heavy (non-hydrogen) atoms. The van der Waals surface area contributed by atoms with Crippen LogP contribution in [0.2, 0.25) is 0 Å². The van der Waals surface area contributed by atoms with Crippen LogP contribution in [0, 0.1) is 23.7 Å². The average Bonchev–Trinajstić information content (AvgIpc) is 3.12. The number of ether oxygens (including phenoxy) is 3. The molecule has 1 spiro atoms. The number of carbonyl (C=O) groups is 4. The van der Waals surface area contributed by atoms with Crippen molar-refractivity contribution in [3.63, 3.8) is 0 Å². The molecule has 1 aliphatic carbocycles. The lowest BCUT2D eigenvalue weighted by molar-refractivity contribution is -0.576. The minimum absolute atomic E-state index is 0.0137. The van der Waals surface area contributed by atoms with Gasteiger partial charge in [0.1, 0.15) is 0 Å². The molecule has 2 amide bonds. The number of aliphatic hydroxyl groups is 1. The number of carbonyl (C=O) groups excluding carboxylic acids is 3. The highest BCUT2D eigenvalue weighted by atomic mass is 17.3. The van der Waals surface area contributed by atoms with Gasteiger partial charge in [-0.15, -0.1) is 0 Å². The fraction of sp³-hybridized carbons (Fsp3) is 0.852. The highest BCUT2D eigenvalue weighted by Gasteiger charge is 2.69. The molecule has 0 radical (unpaired) electrons. The van der Waals surface area contributed by atoms with Crippen molar-refractivity contribution in [2.75, 3.05) is 6.54 Å². The van der Waals surface area contributed by atoms with E-state index >= 15 is 0 Å². The number of nitrogens with one attached hydrogen (secondary N) is 2. The second-order valence-electron chi connectivity index (χ2n) is 11.8. The summed E-state index contributed by atoms with van der Waals surface area (Å²) in [7, 11) is 0. The molecule has 226 valence electrons. The van der Waals surface area contributed by atoms with Crippen LogP contribution in [0.15, 0.2) is 0 Å². The molecule has 10 atom stereocenters. The first kappa shape index (κ1) is 30.6. The average molecular weight is 571 g/mol. The summed E-state index contributed by atoms with van der Waals surface area (Å²) in [6.45, 7) is 7.46. The smallest absolute Gasteiger partial charge is 0.328 e. The van der Waals surface area contributed by atoms with Gasteiger partial charge >= 0.3 is 11.9 Å². The lowest BCUT2D eigenvalue weighted by Gasteiger charge is -2.59. The molecule has 5 aliphatic rings. The van der Waals surface area contributed by atoms with Gasteiger partial charge in [-0.1, -0.05) is 13.8 Å². The third-order valence-electron chi connectivity index (χ3n) is 8.87. The van der Waals surface area contributed by atoms with E-state index in [1.807, 2.05) is 13.8 Å². The van der Waals surface area contributed by atoms with Crippen LogP contribution < -0.4 is 10.6 Å². The molecule has 5 rings (SSSR count). The number of carboxylic acids is 1. The Kier molecular flexibility index (Phi) is 9.40. The zero-order valence-corrected chi connectivity index (χ0v) is 23.6. The molecule has 1 saturated carbocycles. The van der Waals surface area contributed by atoms with E-state index in [0.29, 0.717) is 12.3 Å². The second-order valence-corrected chi connectivity index (χ2v) is 11.8. The molecule has 5 fully saturated rings. The van der Waals surface area contributed by atoms with E-state index < -0.39 is 54.0 Å². The zero-order valence-electron chi connectivity index (χ0n) is 23.6. The van der Waals surface area contributed by atoms with Crippen molar-refractivity contribution in [2.24, 2.45) is 23.7 Å². The minimum Gasteiger partial charge on any atom is -0.480 e. The van der Waals surface area contributed by atoms with Crippen molar-refractivity contribution in [3.05, 3.63) is 0 Å². The third-order valence-corrected chi connectivity index (χ3v) is 8.87. The van der Waals surface area contributed by atoms with Crippen LogP contribution >= 0.6 is 0 Å².